The summed E-state index contributed by atoms with van der Waals surface area (Å²) >= 11 is 0. The molecule has 1 atom stereocenters. The van der Waals surface area contributed by atoms with Gasteiger partial charge in [-0.15, -0.1) is 0 Å². The first kappa shape index (κ1) is 32.3. The van der Waals surface area contributed by atoms with Gasteiger partial charge in [0.25, 0.3) is 0 Å². The van der Waals surface area contributed by atoms with E-state index in [2.05, 4.69) is 16.3 Å². The molecule has 0 radical (unpaired) electrons. The van der Waals surface area contributed by atoms with Gasteiger partial charge in [-0.25, -0.2) is 4.79 Å². The van der Waals surface area contributed by atoms with Gasteiger partial charge in [-0.2, -0.15) is 0 Å². The molecule has 4 heterocycles. The van der Waals surface area contributed by atoms with Gasteiger partial charge in [0.15, 0.2) is 0 Å². The molecule has 0 aromatic heterocycles. The molecule has 0 bridgehead atoms. The Morgan fingerprint density at radius 1 is 0.891 bits per heavy atom. The highest BCUT2D eigenvalue weighted by atomic mass is 16.5. The first-order valence-corrected chi connectivity index (χ1v) is 17.1. The van der Waals surface area contributed by atoms with Gasteiger partial charge in [0.05, 0.1) is 19.1 Å². The van der Waals surface area contributed by atoms with Crippen molar-refractivity contribution < 1.29 is 24.2 Å². The van der Waals surface area contributed by atoms with Crippen molar-refractivity contribution >= 4 is 23.5 Å². The van der Waals surface area contributed by atoms with Gasteiger partial charge in [-0.3, -0.25) is 14.5 Å². The number of anilines is 1. The van der Waals surface area contributed by atoms with Crippen LogP contribution in [0.2, 0.25) is 0 Å². The zero-order chi connectivity index (χ0) is 32.2. The van der Waals surface area contributed by atoms with E-state index in [1.807, 2.05) is 58.9 Å². The van der Waals surface area contributed by atoms with Crippen LogP contribution in [0.3, 0.4) is 0 Å². The number of piperidine rings is 2. The van der Waals surface area contributed by atoms with Crippen molar-refractivity contribution in [1.82, 2.24) is 19.6 Å². The predicted molar refractivity (Wildman–Crippen MR) is 177 cm³/mol. The molecule has 248 valence electrons. The van der Waals surface area contributed by atoms with Gasteiger partial charge in [0.1, 0.15) is 5.75 Å². The summed E-state index contributed by atoms with van der Waals surface area (Å²) in [6, 6.07) is 12.3. The van der Waals surface area contributed by atoms with Crippen molar-refractivity contribution in [3.05, 3.63) is 58.7 Å². The average Bonchev–Trinajstić information content (AvgIpc) is 3.25. The lowest BCUT2D eigenvalue weighted by molar-refractivity contribution is -0.143. The summed E-state index contributed by atoms with van der Waals surface area (Å²) in [5, 5.41) is 13.4. The lowest BCUT2D eigenvalue weighted by atomic mass is 9.90. The number of benzene rings is 2. The molecule has 10 heteroatoms. The van der Waals surface area contributed by atoms with Crippen LogP contribution in [0.5, 0.6) is 5.75 Å². The zero-order valence-electron chi connectivity index (χ0n) is 27.4. The summed E-state index contributed by atoms with van der Waals surface area (Å²) in [5.74, 6) is -0.145. The molecule has 4 amide bonds. The molecule has 46 heavy (non-hydrogen) atoms. The second-order valence-electron chi connectivity index (χ2n) is 13.5. The molecule has 10 nitrogen and oxygen atoms in total. The van der Waals surface area contributed by atoms with Gasteiger partial charge >= 0.3 is 6.03 Å². The van der Waals surface area contributed by atoms with E-state index in [0.717, 1.165) is 86.3 Å². The zero-order valence-corrected chi connectivity index (χ0v) is 27.4. The Morgan fingerprint density at radius 3 is 2.22 bits per heavy atom. The maximum Gasteiger partial charge on any atom is 0.322 e. The monoisotopic (exact) mass is 631 g/mol. The number of para-hydroxylation sites is 1. The summed E-state index contributed by atoms with van der Waals surface area (Å²) in [4.78, 5) is 49.2. The number of carbonyl (C=O) groups is 3. The van der Waals surface area contributed by atoms with E-state index >= 15 is 0 Å². The molecule has 6 rings (SSSR count). The Hall–Kier alpha value is -3.63. The fourth-order valence-corrected chi connectivity index (χ4v) is 7.85. The second-order valence-corrected chi connectivity index (χ2v) is 13.5. The normalized spacial score (nSPS) is 21.0. The van der Waals surface area contributed by atoms with Crippen LogP contribution in [0.25, 0.3) is 0 Å². The minimum absolute atomic E-state index is 0.0000482. The number of hydrogen-bond acceptors (Lipinski definition) is 6. The third kappa shape index (κ3) is 7.33. The van der Waals surface area contributed by atoms with E-state index in [-0.39, 0.29) is 36.1 Å². The minimum atomic E-state index is -0.469. The summed E-state index contributed by atoms with van der Waals surface area (Å²) in [6.07, 6.45) is 4.74. The number of aromatic hydroxyl groups is 1. The Balaban J connectivity index is 1.09. The van der Waals surface area contributed by atoms with E-state index in [1.54, 1.807) is 0 Å². The summed E-state index contributed by atoms with van der Waals surface area (Å²) in [6.45, 7) is 10.4. The predicted octanol–water partition coefficient (Wildman–Crippen LogP) is 3.96. The number of ether oxygens (including phenoxy) is 1. The van der Waals surface area contributed by atoms with Crippen LogP contribution in [-0.4, -0.2) is 114 Å². The van der Waals surface area contributed by atoms with Crippen molar-refractivity contribution in [3.63, 3.8) is 0 Å². The lowest BCUT2D eigenvalue weighted by Gasteiger charge is -2.41. The fraction of sp³-hybridized carbons (Fsp3) is 0.583. The number of urea groups is 1. The quantitative estimate of drug-likeness (QED) is 0.480. The number of amides is 4. The number of hydrogen-bond donors (Lipinski definition) is 2. The van der Waals surface area contributed by atoms with Crippen molar-refractivity contribution in [2.45, 2.75) is 70.9 Å². The first-order chi connectivity index (χ1) is 22.3. The Bertz CT molecular complexity index is 1390. The highest BCUT2D eigenvalue weighted by Gasteiger charge is 2.35. The number of nitrogens with zero attached hydrogens (tertiary/aromatic N) is 4. The Labute approximate surface area is 272 Å². The maximum absolute atomic E-state index is 14.1. The first-order valence-electron chi connectivity index (χ1n) is 17.1. The molecule has 4 aliphatic heterocycles. The highest BCUT2D eigenvalue weighted by molar-refractivity contribution is 5.91. The van der Waals surface area contributed by atoms with Crippen molar-refractivity contribution in [1.29, 1.82) is 0 Å². The van der Waals surface area contributed by atoms with Gasteiger partial charge < -0.3 is 29.9 Å². The van der Waals surface area contributed by atoms with Crippen molar-refractivity contribution in [2.75, 3.05) is 64.3 Å². The number of nitrogens with one attached hydrogen (secondary N) is 1. The lowest BCUT2D eigenvalue weighted by Crippen LogP contribution is -2.52. The number of fused-ring (bicyclic) bond motifs is 1. The molecule has 0 aliphatic carbocycles. The van der Waals surface area contributed by atoms with Crippen LogP contribution in [0.4, 0.5) is 10.5 Å². The second kappa shape index (κ2) is 14.4. The van der Waals surface area contributed by atoms with Crippen molar-refractivity contribution in [3.8, 4) is 5.75 Å². The largest absolute Gasteiger partial charge is 0.507 e. The standard InChI is InChI=1S/C36H49N5O5/c1-25-21-27(22-26(2)34(25)43)23-29(35(44)40-14-8-30(9-15-40)38-17-19-46-20-18-38)24-33(42)39-12-10-31(11-13-39)41-16-7-28-5-3-4-6-32(28)37-36(41)45/h3-6,21-22,29-31,43H,7-20,23-24H2,1-2H3,(H,37,45)/t29-/m0/s1. The smallest absolute Gasteiger partial charge is 0.322 e. The molecule has 2 aromatic rings. The minimum Gasteiger partial charge on any atom is -0.507 e. The van der Waals surface area contributed by atoms with Crippen molar-refractivity contribution in [2.24, 2.45) is 5.92 Å². The Morgan fingerprint density at radius 2 is 1.52 bits per heavy atom. The maximum atomic E-state index is 14.1. The third-order valence-corrected chi connectivity index (χ3v) is 10.5. The summed E-state index contributed by atoms with van der Waals surface area (Å²) in [5.41, 5.74) is 4.55. The number of rotatable bonds is 7. The van der Waals surface area contributed by atoms with Crippen LogP contribution >= 0.6 is 0 Å². The fourth-order valence-electron chi connectivity index (χ4n) is 7.85. The van der Waals surface area contributed by atoms with Gasteiger partial charge in [-0.1, -0.05) is 30.3 Å². The molecule has 0 unspecified atom stereocenters. The molecule has 2 N–H and O–H groups in total. The van der Waals surface area contributed by atoms with Crippen LogP contribution in [-0.2, 0) is 27.2 Å². The van der Waals surface area contributed by atoms with E-state index in [9.17, 15) is 19.5 Å². The summed E-state index contributed by atoms with van der Waals surface area (Å²) in [7, 11) is 0. The number of carbonyl (C=O) groups excluding carboxylic acids is 3. The van der Waals surface area contributed by atoms with Gasteiger partial charge in [0.2, 0.25) is 11.8 Å². The third-order valence-electron chi connectivity index (χ3n) is 10.5. The number of aryl methyl sites for hydroxylation is 2. The van der Waals surface area contributed by atoms with E-state index < -0.39 is 5.92 Å². The van der Waals surface area contributed by atoms with Gasteiger partial charge in [-0.05, 0) is 80.7 Å². The number of morpholine rings is 1. The molecule has 2 aromatic carbocycles. The van der Waals surface area contributed by atoms with Gasteiger partial charge in [0, 0.05) is 70.0 Å². The topological polar surface area (TPSA) is 106 Å². The van der Waals surface area contributed by atoms with E-state index in [1.165, 1.54) is 0 Å². The SMILES string of the molecule is Cc1cc(C[C@@H](CC(=O)N2CCC(N3CCc4ccccc4NC3=O)CC2)C(=O)N2CCC(N3CCOCC3)CC2)cc(C)c1O. The highest BCUT2D eigenvalue weighted by Crippen LogP contribution is 2.29. The average molecular weight is 632 g/mol. The van der Waals surface area contributed by atoms with Crippen LogP contribution < -0.4 is 5.32 Å². The summed E-state index contributed by atoms with van der Waals surface area (Å²) < 4.78 is 5.53. The molecule has 3 fully saturated rings. The van der Waals surface area contributed by atoms with Crippen LogP contribution in [0.1, 0.15) is 54.4 Å². The van der Waals surface area contributed by atoms with E-state index in [0.29, 0.717) is 45.2 Å². The van der Waals surface area contributed by atoms with Crippen LogP contribution in [0, 0.1) is 19.8 Å². The molecular formula is C36H49N5O5. The molecule has 0 saturated carbocycles. The Kier molecular flexibility index (Phi) is 10.1. The van der Waals surface area contributed by atoms with Crippen LogP contribution in [0.15, 0.2) is 36.4 Å². The number of phenols is 1. The molecule has 3 saturated heterocycles. The van der Waals surface area contributed by atoms with E-state index in [4.69, 9.17) is 4.74 Å². The molecular weight excluding hydrogens is 582 g/mol. The molecule has 0 spiro atoms. The molecule has 4 aliphatic rings. The number of phenolic OH excluding ortho intramolecular Hbond substituents is 1. The number of likely N-dealkylation sites (tertiary alicyclic amines) is 2.